The Kier molecular flexibility index (Phi) is 5.50. The summed E-state index contributed by atoms with van der Waals surface area (Å²) in [5, 5.41) is 11.5. The minimum Gasteiger partial charge on any atom is -0.497 e. The van der Waals surface area contributed by atoms with Crippen LogP contribution in [-0.4, -0.2) is 42.3 Å². The van der Waals surface area contributed by atoms with Crippen LogP contribution in [0.5, 0.6) is 11.5 Å². The van der Waals surface area contributed by atoms with Crippen molar-refractivity contribution in [3.05, 3.63) is 59.7 Å². The van der Waals surface area contributed by atoms with E-state index in [1.165, 1.54) is 0 Å². The fourth-order valence-corrected chi connectivity index (χ4v) is 5.11. The maximum absolute atomic E-state index is 13.5. The van der Waals surface area contributed by atoms with Crippen molar-refractivity contribution in [3.8, 4) is 11.5 Å². The zero-order valence-electron chi connectivity index (χ0n) is 17.1. The predicted octanol–water partition coefficient (Wildman–Crippen LogP) is 4.21. The summed E-state index contributed by atoms with van der Waals surface area (Å²) >= 11 is 0. The van der Waals surface area contributed by atoms with E-state index in [1.807, 2.05) is 53.4 Å². The summed E-state index contributed by atoms with van der Waals surface area (Å²) in [7, 11) is 3.28. The van der Waals surface area contributed by atoms with Gasteiger partial charge in [-0.1, -0.05) is 31.0 Å². The molecule has 2 unspecified atom stereocenters. The number of fused-ring (bicyclic) bond motifs is 1. The van der Waals surface area contributed by atoms with E-state index >= 15 is 0 Å². The van der Waals surface area contributed by atoms with Crippen molar-refractivity contribution < 1.29 is 19.4 Å². The van der Waals surface area contributed by atoms with E-state index in [-0.39, 0.29) is 17.9 Å². The SMILES string of the molecule is COc1ccc(OC)c([C@H]2C3CCCCC3(O)CCN2C(=O)c2ccccc2)c1. The first kappa shape index (κ1) is 19.8. The lowest BCUT2D eigenvalue weighted by Gasteiger charge is -2.52. The average molecular weight is 395 g/mol. The van der Waals surface area contributed by atoms with Crippen LogP contribution in [-0.2, 0) is 0 Å². The molecule has 29 heavy (non-hydrogen) atoms. The van der Waals surface area contributed by atoms with Gasteiger partial charge in [0, 0.05) is 23.6 Å². The van der Waals surface area contributed by atoms with Crippen LogP contribution in [0.2, 0.25) is 0 Å². The van der Waals surface area contributed by atoms with Crippen molar-refractivity contribution >= 4 is 5.91 Å². The number of ether oxygens (including phenoxy) is 2. The van der Waals surface area contributed by atoms with E-state index in [0.717, 1.165) is 42.7 Å². The molecule has 5 nitrogen and oxygen atoms in total. The lowest BCUT2D eigenvalue weighted by atomic mass is 9.66. The number of carbonyl (C=O) groups is 1. The molecule has 154 valence electrons. The van der Waals surface area contributed by atoms with E-state index in [0.29, 0.717) is 18.5 Å². The standard InChI is InChI=1S/C24H29NO4/c1-28-18-11-12-21(29-2)19(16-18)22-20-10-6-7-13-24(20,27)14-15-25(22)23(26)17-8-4-3-5-9-17/h3-5,8-9,11-12,16,20,22,27H,6-7,10,13-15H2,1-2H3/t20?,22-,24?/m0/s1. The van der Waals surface area contributed by atoms with Crippen LogP contribution in [0, 0.1) is 5.92 Å². The van der Waals surface area contributed by atoms with Crippen molar-refractivity contribution in [3.63, 3.8) is 0 Å². The molecule has 3 atom stereocenters. The van der Waals surface area contributed by atoms with Gasteiger partial charge in [-0.05, 0) is 49.6 Å². The van der Waals surface area contributed by atoms with Crippen molar-refractivity contribution in [1.29, 1.82) is 0 Å². The van der Waals surface area contributed by atoms with Crippen molar-refractivity contribution in [2.45, 2.75) is 43.7 Å². The highest BCUT2D eigenvalue weighted by Crippen LogP contribution is 2.51. The third-order valence-electron chi connectivity index (χ3n) is 6.60. The summed E-state index contributed by atoms with van der Waals surface area (Å²) in [6.07, 6.45) is 4.37. The first-order chi connectivity index (χ1) is 14.1. The Morgan fingerprint density at radius 3 is 2.59 bits per heavy atom. The second kappa shape index (κ2) is 8.07. The largest absolute Gasteiger partial charge is 0.497 e. The van der Waals surface area contributed by atoms with Gasteiger partial charge in [0.05, 0.1) is 25.9 Å². The normalized spacial score (nSPS) is 26.5. The molecule has 2 aliphatic rings. The molecule has 1 saturated heterocycles. The molecular weight excluding hydrogens is 366 g/mol. The summed E-state index contributed by atoms with van der Waals surface area (Å²) in [5.74, 6) is 1.40. The van der Waals surface area contributed by atoms with Gasteiger partial charge in [0.1, 0.15) is 11.5 Å². The number of benzene rings is 2. The minimum atomic E-state index is -0.746. The molecule has 1 saturated carbocycles. The quantitative estimate of drug-likeness (QED) is 0.842. The number of rotatable bonds is 4. The molecule has 1 heterocycles. The van der Waals surface area contributed by atoms with Crippen molar-refractivity contribution in [1.82, 2.24) is 4.90 Å². The third kappa shape index (κ3) is 3.60. The number of carbonyl (C=O) groups excluding carboxylic acids is 1. The topological polar surface area (TPSA) is 59.0 Å². The number of methoxy groups -OCH3 is 2. The first-order valence-electron chi connectivity index (χ1n) is 10.4. The van der Waals surface area contributed by atoms with E-state index in [4.69, 9.17) is 9.47 Å². The van der Waals surface area contributed by atoms with Crippen LogP contribution in [0.4, 0.5) is 0 Å². The number of piperidine rings is 1. The van der Waals surface area contributed by atoms with E-state index in [2.05, 4.69) is 0 Å². The van der Waals surface area contributed by atoms with Crippen LogP contribution in [0.3, 0.4) is 0 Å². The zero-order valence-corrected chi connectivity index (χ0v) is 17.1. The maximum atomic E-state index is 13.5. The summed E-state index contributed by atoms with van der Waals surface area (Å²) < 4.78 is 11.1. The number of aliphatic hydroxyl groups is 1. The predicted molar refractivity (Wildman–Crippen MR) is 111 cm³/mol. The van der Waals surface area contributed by atoms with Gasteiger partial charge in [0.15, 0.2) is 0 Å². The number of amides is 1. The molecule has 0 bridgehead atoms. The number of likely N-dealkylation sites (tertiary alicyclic amines) is 1. The molecular formula is C24H29NO4. The van der Waals surface area contributed by atoms with Gasteiger partial charge in [0.25, 0.3) is 5.91 Å². The Morgan fingerprint density at radius 2 is 1.86 bits per heavy atom. The first-order valence-corrected chi connectivity index (χ1v) is 10.4. The fourth-order valence-electron chi connectivity index (χ4n) is 5.11. The van der Waals surface area contributed by atoms with Gasteiger partial charge in [-0.2, -0.15) is 0 Å². The Balaban J connectivity index is 1.82. The molecule has 1 N–H and O–H groups in total. The molecule has 5 heteroatoms. The highest BCUT2D eigenvalue weighted by atomic mass is 16.5. The highest BCUT2D eigenvalue weighted by molar-refractivity contribution is 5.94. The lowest BCUT2D eigenvalue weighted by molar-refractivity contribution is -0.115. The van der Waals surface area contributed by atoms with Gasteiger partial charge >= 0.3 is 0 Å². The summed E-state index contributed by atoms with van der Waals surface area (Å²) in [6, 6.07) is 14.8. The van der Waals surface area contributed by atoms with Crippen LogP contribution >= 0.6 is 0 Å². The molecule has 2 fully saturated rings. The van der Waals surface area contributed by atoms with E-state index in [1.54, 1.807) is 14.2 Å². The highest BCUT2D eigenvalue weighted by Gasteiger charge is 2.51. The van der Waals surface area contributed by atoms with Crippen LogP contribution in [0.1, 0.15) is 54.1 Å². The smallest absolute Gasteiger partial charge is 0.254 e. The lowest BCUT2D eigenvalue weighted by Crippen LogP contribution is -2.56. The fraction of sp³-hybridized carbons (Fsp3) is 0.458. The van der Waals surface area contributed by atoms with E-state index in [9.17, 15) is 9.90 Å². The van der Waals surface area contributed by atoms with Crippen molar-refractivity contribution in [2.75, 3.05) is 20.8 Å². The zero-order chi connectivity index (χ0) is 20.4. The Bertz CT molecular complexity index is 868. The number of hydrogen-bond acceptors (Lipinski definition) is 4. The molecule has 1 amide bonds. The van der Waals surface area contributed by atoms with Gasteiger partial charge in [0.2, 0.25) is 0 Å². The van der Waals surface area contributed by atoms with Crippen LogP contribution in [0.15, 0.2) is 48.5 Å². The average Bonchev–Trinajstić information content (AvgIpc) is 2.77. The van der Waals surface area contributed by atoms with Gasteiger partial charge in [-0.3, -0.25) is 4.79 Å². The van der Waals surface area contributed by atoms with Gasteiger partial charge in [-0.15, -0.1) is 0 Å². The minimum absolute atomic E-state index is 0.00639. The van der Waals surface area contributed by atoms with Crippen LogP contribution < -0.4 is 9.47 Å². The van der Waals surface area contributed by atoms with Gasteiger partial charge in [-0.25, -0.2) is 0 Å². The molecule has 0 radical (unpaired) electrons. The molecule has 2 aromatic carbocycles. The van der Waals surface area contributed by atoms with Gasteiger partial charge < -0.3 is 19.5 Å². The Morgan fingerprint density at radius 1 is 1.07 bits per heavy atom. The second-order valence-corrected chi connectivity index (χ2v) is 8.12. The third-order valence-corrected chi connectivity index (χ3v) is 6.60. The molecule has 0 spiro atoms. The molecule has 1 aliphatic carbocycles. The van der Waals surface area contributed by atoms with Crippen LogP contribution in [0.25, 0.3) is 0 Å². The second-order valence-electron chi connectivity index (χ2n) is 8.12. The molecule has 0 aromatic heterocycles. The molecule has 4 rings (SSSR count). The Labute approximate surface area is 172 Å². The monoisotopic (exact) mass is 395 g/mol. The molecule has 2 aromatic rings. The maximum Gasteiger partial charge on any atom is 0.254 e. The van der Waals surface area contributed by atoms with E-state index < -0.39 is 5.60 Å². The Hall–Kier alpha value is -2.53. The van der Waals surface area contributed by atoms with Crippen molar-refractivity contribution in [2.24, 2.45) is 5.92 Å². The summed E-state index contributed by atoms with van der Waals surface area (Å²) in [5.41, 5.74) is 0.826. The molecule has 1 aliphatic heterocycles. The summed E-state index contributed by atoms with van der Waals surface area (Å²) in [4.78, 5) is 15.4. The summed E-state index contributed by atoms with van der Waals surface area (Å²) in [6.45, 7) is 0.520. The number of hydrogen-bond donors (Lipinski definition) is 1. The number of nitrogens with zero attached hydrogens (tertiary/aromatic N) is 1.